The average Bonchev–Trinajstić information content (AvgIpc) is 2.32. The van der Waals surface area contributed by atoms with E-state index in [0.29, 0.717) is 10.8 Å². The number of hydrogen-bond acceptors (Lipinski definition) is 2. The lowest BCUT2D eigenvalue weighted by Gasteiger charge is -2.07. The smallest absolute Gasteiger partial charge is 0.335 e. The van der Waals surface area contributed by atoms with Crippen LogP contribution in [0.3, 0.4) is 0 Å². The lowest BCUT2D eigenvalue weighted by Crippen LogP contribution is -2.03. The van der Waals surface area contributed by atoms with E-state index in [1.54, 1.807) is 6.07 Å². The Morgan fingerprint density at radius 3 is 2.75 bits per heavy atom. The molecule has 3 heteroatoms. The number of carbonyl (C=O) groups is 1. The fraction of sp³-hybridized carbons (Fsp3) is 0. The second-order valence-corrected chi connectivity index (χ2v) is 3.63. The van der Waals surface area contributed by atoms with Crippen LogP contribution in [0.25, 0.3) is 10.8 Å². The number of carbonyl (C=O) groups excluding carboxylic acids is 1. The van der Waals surface area contributed by atoms with Gasteiger partial charge in [0.15, 0.2) is 5.75 Å². The molecule has 2 aromatic rings. The summed E-state index contributed by atoms with van der Waals surface area (Å²) in [4.78, 5) is 11.2. The van der Waals surface area contributed by atoms with Crippen molar-refractivity contribution in [1.29, 1.82) is 0 Å². The van der Waals surface area contributed by atoms with Gasteiger partial charge < -0.3 is 4.74 Å². The summed E-state index contributed by atoms with van der Waals surface area (Å²) >= 11 is 5.99. The molecule has 0 N–H and O–H groups in total. The van der Waals surface area contributed by atoms with Crippen molar-refractivity contribution in [3.05, 3.63) is 54.1 Å². The summed E-state index contributed by atoms with van der Waals surface area (Å²) in [6, 6.07) is 11.1. The van der Waals surface area contributed by atoms with Crippen molar-refractivity contribution in [2.24, 2.45) is 0 Å². The third kappa shape index (κ3) is 1.92. The van der Waals surface area contributed by atoms with Gasteiger partial charge in [-0.2, -0.15) is 0 Å². The third-order valence-corrected chi connectivity index (χ3v) is 2.50. The number of hydrogen-bond donors (Lipinski definition) is 0. The van der Waals surface area contributed by atoms with E-state index in [4.69, 9.17) is 16.3 Å². The van der Waals surface area contributed by atoms with Crippen LogP contribution in [0.15, 0.2) is 49.1 Å². The van der Waals surface area contributed by atoms with Crippen molar-refractivity contribution in [3.8, 4) is 5.75 Å². The van der Waals surface area contributed by atoms with Gasteiger partial charge in [-0.15, -0.1) is 0 Å². The maximum absolute atomic E-state index is 11.2. The lowest BCUT2D eigenvalue weighted by molar-refractivity contribution is -0.128. The number of benzene rings is 2. The van der Waals surface area contributed by atoms with E-state index in [1.165, 1.54) is 0 Å². The maximum atomic E-state index is 11.2. The van der Waals surface area contributed by atoms with Crippen LogP contribution in [0.2, 0.25) is 5.02 Å². The molecule has 0 saturated heterocycles. The molecule has 0 aliphatic heterocycles. The van der Waals surface area contributed by atoms with Crippen LogP contribution in [0.5, 0.6) is 5.75 Å². The highest BCUT2D eigenvalue weighted by atomic mass is 35.5. The second kappa shape index (κ2) is 4.37. The summed E-state index contributed by atoms with van der Waals surface area (Å²) in [6.45, 7) is 3.35. The van der Waals surface area contributed by atoms with Crippen LogP contribution < -0.4 is 4.74 Å². The van der Waals surface area contributed by atoms with Gasteiger partial charge in [-0.1, -0.05) is 48.5 Å². The summed E-state index contributed by atoms with van der Waals surface area (Å²) in [5.74, 6) is -0.136. The Kier molecular flexibility index (Phi) is 2.93. The van der Waals surface area contributed by atoms with E-state index in [0.717, 1.165) is 16.8 Å². The van der Waals surface area contributed by atoms with Crippen LogP contribution in [0, 0.1) is 0 Å². The molecule has 2 aromatic carbocycles. The Hall–Kier alpha value is -1.80. The van der Waals surface area contributed by atoms with Gasteiger partial charge in [0.25, 0.3) is 0 Å². The summed E-state index contributed by atoms with van der Waals surface area (Å²) in [6.07, 6.45) is 1.11. The number of rotatable bonds is 2. The van der Waals surface area contributed by atoms with Crippen molar-refractivity contribution in [3.63, 3.8) is 0 Å². The van der Waals surface area contributed by atoms with Crippen LogP contribution >= 0.6 is 11.6 Å². The van der Waals surface area contributed by atoms with E-state index < -0.39 is 5.97 Å². The molecule has 0 bridgehead atoms. The molecule has 0 fully saturated rings. The Bertz CT molecular complexity index is 561. The lowest BCUT2D eigenvalue weighted by atomic mass is 10.1. The number of halogens is 1. The molecule has 0 amide bonds. The number of fused-ring (bicyclic) bond motifs is 1. The van der Waals surface area contributed by atoms with Crippen LogP contribution in [-0.4, -0.2) is 5.97 Å². The first kappa shape index (κ1) is 10.7. The SMILES string of the molecule is C=CC(=O)Oc1c(Cl)ccc2ccccc12. The standard InChI is InChI=1S/C13H9ClO2/c1-2-12(15)16-13-10-6-4-3-5-9(10)7-8-11(13)14/h2-8H,1H2. The predicted octanol–water partition coefficient (Wildman–Crippen LogP) is 3.58. The first-order valence-electron chi connectivity index (χ1n) is 4.74. The van der Waals surface area contributed by atoms with Gasteiger partial charge in [0.05, 0.1) is 5.02 Å². The van der Waals surface area contributed by atoms with Gasteiger partial charge in [0.2, 0.25) is 0 Å². The summed E-state index contributed by atoms with van der Waals surface area (Å²) in [5.41, 5.74) is 0. The zero-order valence-electron chi connectivity index (χ0n) is 8.44. The third-order valence-electron chi connectivity index (χ3n) is 2.20. The second-order valence-electron chi connectivity index (χ2n) is 3.22. The Morgan fingerprint density at radius 1 is 1.25 bits per heavy atom. The van der Waals surface area contributed by atoms with Crippen molar-refractivity contribution in [1.82, 2.24) is 0 Å². The van der Waals surface area contributed by atoms with Gasteiger partial charge >= 0.3 is 5.97 Å². The molecule has 0 radical (unpaired) electrons. The highest BCUT2D eigenvalue weighted by Gasteiger charge is 2.09. The average molecular weight is 233 g/mol. The molecule has 0 unspecified atom stereocenters. The molecule has 0 aromatic heterocycles. The first-order valence-corrected chi connectivity index (χ1v) is 5.11. The van der Waals surface area contributed by atoms with Crippen LogP contribution in [0.1, 0.15) is 0 Å². The van der Waals surface area contributed by atoms with Crippen molar-refractivity contribution < 1.29 is 9.53 Å². The molecule has 0 aliphatic rings. The Morgan fingerprint density at radius 2 is 2.00 bits per heavy atom. The molecule has 2 nitrogen and oxygen atoms in total. The highest BCUT2D eigenvalue weighted by Crippen LogP contribution is 2.33. The van der Waals surface area contributed by atoms with Gasteiger partial charge in [-0.05, 0) is 11.5 Å². The van der Waals surface area contributed by atoms with Gasteiger partial charge in [-0.3, -0.25) is 0 Å². The van der Waals surface area contributed by atoms with E-state index in [1.807, 2.05) is 30.3 Å². The summed E-state index contributed by atoms with van der Waals surface area (Å²) < 4.78 is 5.12. The van der Waals surface area contributed by atoms with E-state index in [2.05, 4.69) is 6.58 Å². The molecular formula is C13H9ClO2. The zero-order valence-corrected chi connectivity index (χ0v) is 9.20. The van der Waals surface area contributed by atoms with Gasteiger partial charge in [-0.25, -0.2) is 4.79 Å². The molecule has 2 rings (SSSR count). The Labute approximate surface area is 98.1 Å². The van der Waals surface area contributed by atoms with Crippen LogP contribution in [-0.2, 0) is 4.79 Å². The molecule has 16 heavy (non-hydrogen) atoms. The van der Waals surface area contributed by atoms with Crippen molar-refractivity contribution in [2.75, 3.05) is 0 Å². The van der Waals surface area contributed by atoms with Crippen molar-refractivity contribution >= 4 is 28.3 Å². The monoisotopic (exact) mass is 232 g/mol. The molecule has 0 saturated carbocycles. The van der Waals surface area contributed by atoms with Crippen molar-refractivity contribution in [2.45, 2.75) is 0 Å². The highest BCUT2D eigenvalue weighted by molar-refractivity contribution is 6.33. The quantitative estimate of drug-likeness (QED) is 0.449. The van der Waals surface area contributed by atoms with Gasteiger partial charge in [0, 0.05) is 11.5 Å². The normalized spacial score (nSPS) is 10.1. The molecule has 0 aliphatic carbocycles. The molecule has 80 valence electrons. The molecular weight excluding hydrogens is 224 g/mol. The first-order chi connectivity index (χ1) is 7.72. The largest absolute Gasteiger partial charge is 0.421 e. The fourth-order valence-electron chi connectivity index (χ4n) is 1.46. The Balaban J connectivity index is 2.61. The summed E-state index contributed by atoms with van der Waals surface area (Å²) in [7, 11) is 0. The minimum absolute atomic E-state index is 0.379. The summed E-state index contributed by atoms with van der Waals surface area (Å²) in [5, 5.41) is 2.19. The van der Waals surface area contributed by atoms with Gasteiger partial charge in [0.1, 0.15) is 0 Å². The maximum Gasteiger partial charge on any atom is 0.335 e. The predicted molar refractivity (Wildman–Crippen MR) is 64.8 cm³/mol. The zero-order chi connectivity index (χ0) is 11.5. The molecule has 0 spiro atoms. The fourth-order valence-corrected chi connectivity index (χ4v) is 1.67. The molecule has 0 atom stereocenters. The molecule has 0 heterocycles. The number of esters is 1. The minimum Gasteiger partial charge on any atom is -0.421 e. The van der Waals surface area contributed by atoms with E-state index in [-0.39, 0.29) is 0 Å². The van der Waals surface area contributed by atoms with E-state index in [9.17, 15) is 4.79 Å². The minimum atomic E-state index is -0.516. The number of ether oxygens (including phenoxy) is 1. The topological polar surface area (TPSA) is 26.3 Å². The van der Waals surface area contributed by atoms with E-state index >= 15 is 0 Å². The van der Waals surface area contributed by atoms with Crippen LogP contribution in [0.4, 0.5) is 0 Å².